The van der Waals surface area contributed by atoms with Crippen LogP contribution in [0.15, 0.2) is 29.2 Å². The molecule has 0 aliphatic rings. The molecule has 0 aromatic heterocycles. The van der Waals surface area contributed by atoms with Crippen LogP contribution >= 0.6 is 11.8 Å². The number of carboxylic acids is 1. The Balaban J connectivity index is 2.69. The van der Waals surface area contributed by atoms with Crippen LogP contribution in [-0.4, -0.2) is 29.3 Å². The van der Waals surface area contributed by atoms with Gasteiger partial charge in [-0.05, 0) is 37.4 Å². The molecular formula is C11H13NO3S. The summed E-state index contributed by atoms with van der Waals surface area (Å²) in [5.41, 5.74) is 0.464. The molecule has 1 atom stereocenters. The van der Waals surface area contributed by atoms with Gasteiger partial charge in [-0.3, -0.25) is 9.59 Å². The number of carbonyl (C=O) groups excluding carboxylic acids is 1. The second kappa shape index (κ2) is 5.55. The van der Waals surface area contributed by atoms with Crippen LogP contribution < -0.4 is 5.32 Å². The lowest BCUT2D eigenvalue weighted by molar-refractivity contribution is -0.138. The van der Waals surface area contributed by atoms with Gasteiger partial charge in [-0.25, -0.2) is 0 Å². The largest absolute Gasteiger partial charge is 0.480 e. The lowest BCUT2D eigenvalue weighted by Crippen LogP contribution is -2.38. The Morgan fingerprint density at radius 3 is 2.31 bits per heavy atom. The van der Waals surface area contributed by atoms with Gasteiger partial charge in [0.05, 0.1) is 0 Å². The standard InChI is InChI=1S/C11H13NO3S/c1-7(11(14)15)12-10(13)8-3-5-9(16-2)6-4-8/h3-7H,1-2H3,(H,12,13)(H,14,15)/t7-/m0/s1. The Hall–Kier alpha value is -1.49. The van der Waals surface area contributed by atoms with E-state index in [1.54, 1.807) is 23.9 Å². The third-order valence-electron chi connectivity index (χ3n) is 2.07. The quantitative estimate of drug-likeness (QED) is 0.783. The topological polar surface area (TPSA) is 66.4 Å². The van der Waals surface area contributed by atoms with Gasteiger partial charge in [-0.2, -0.15) is 0 Å². The number of nitrogens with one attached hydrogen (secondary N) is 1. The maximum atomic E-state index is 11.6. The van der Waals surface area contributed by atoms with E-state index in [4.69, 9.17) is 5.11 Å². The normalized spacial score (nSPS) is 11.9. The van der Waals surface area contributed by atoms with Gasteiger partial charge in [0, 0.05) is 10.5 Å². The van der Waals surface area contributed by atoms with Gasteiger partial charge in [-0.1, -0.05) is 0 Å². The van der Waals surface area contributed by atoms with Crippen LogP contribution in [0.3, 0.4) is 0 Å². The molecule has 86 valence electrons. The molecule has 16 heavy (non-hydrogen) atoms. The number of carbonyl (C=O) groups is 2. The second-order valence-corrected chi connectivity index (χ2v) is 4.14. The number of benzene rings is 1. The van der Waals surface area contributed by atoms with Crippen molar-refractivity contribution in [1.82, 2.24) is 5.32 Å². The van der Waals surface area contributed by atoms with Gasteiger partial charge in [0.1, 0.15) is 6.04 Å². The molecule has 0 aliphatic carbocycles. The fourth-order valence-corrected chi connectivity index (χ4v) is 1.49. The van der Waals surface area contributed by atoms with Gasteiger partial charge < -0.3 is 10.4 Å². The maximum Gasteiger partial charge on any atom is 0.325 e. The smallest absolute Gasteiger partial charge is 0.325 e. The minimum Gasteiger partial charge on any atom is -0.480 e. The molecule has 0 radical (unpaired) electrons. The molecule has 1 amide bonds. The fraction of sp³-hybridized carbons (Fsp3) is 0.273. The van der Waals surface area contributed by atoms with E-state index in [0.717, 1.165) is 4.90 Å². The molecule has 0 heterocycles. The highest BCUT2D eigenvalue weighted by molar-refractivity contribution is 7.98. The lowest BCUT2D eigenvalue weighted by Gasteiger charge is -2.09. The Morgan fingerprint density at radius 1 is 1.31 bits per heavy atom. The first-order chi connectivity index (χ1) is 7.54. The Labute approximate surface area is 98.0 Å². The highest BCUT2D eigenvalue weighted by Crippen LogP contribution is 2.14. The summed E-state index contributed by atoms with van der Waals surface area (Å²) in [6.07, 6.45) is 1.95. The molecule has 0 bridgehead atoms. The number of hydrogen-bond acceptors (Lipinski definition) is 3. The predicted octanol–water partition coefficient (Wildman–Crippen LogP) is 1.61. The van der Waals surface area contributed by atoms with Crippen LogP contribution in [0.5, 0.6) is 0 Å². The van der Waals surface area contributed by atoms with Crippen molar-refractivity contribution in [2.45, 2.75) is 17.9 Å². The molecule has 0 spiro atoms. The molecule has 2 N–H and O–H groups in total. The summed E-state index contributed by atoms with van der Waals surface area (Å²) in [6, 6.07) is 6.12. The van der Waals surface area contributed by atoms with Crippen LogP contribution in [0.4, 0.5) is 0 Å². The number of amides is 1. The summed E-state index contributed by atoms with van der Waals surface area (Å²) in [4.78, 5) is 23.2. The van der Waals surface area contributed by atoms with Crippen LogP contribution in [0.1, 0.15) is 17.3 Å². The molecule has 0 saturated heterocycles. The van der Waals surface area contributed by atoms with Crippen LogP contribution in [-0.2, 0) is 4.79 Å². The van der Waals surface area contributed by atoms with Gasteiger partial charge in [0.15, 0.2) is 0 Å². The average Bonchev–Trinajstić information content (AvgIpc) is 2.28. The molecule has 0 aliphatic heterocycles. The molecular weight excluding hydrogens is 226 g/mol. The van der Waals surface area contributed by atoms with Crippen molar-refractivity contribution in [3.05, 3.63) is 29.8 Å². The molecule has 0 saturated carbocycles. The lowest BCUT2D eigenvalue weighted by atomic mass is 10.2. The van der Waals surface area contributed by atoms with Crippen LogP contribution in [0, 0.1) is 0 Å². The van der Waals surface area contributed by atoms with E-state index < -0.39 is 12.0 Å². The average molecular weight is 239 g/mol. The van der Waals surface area contributed by atoms with Gasteiger partial charge in [0.2, 0.25) is 0 Å². The van der Waals surface area contributed by atoms with E-state index in [9.17, 15) is 9.59 Å². The molecule has 1 aromatic carbocycles. The SMILES string of the molecule is CSc1ccc(C(=O)N[C@@H](C)C(=O)O)cc1. The van der Waals surface area contributed by atoms with Crippen molar-refractivity contribution in [2.75, 3.05) is 6.26 Å². The predicted molar refractivity (Wildman–Crippen MR) is 62.8 cm³/mol. The number of thioether (sulfide) groups is 1. The number of carboxylic acid groups (broad SMARTS) is 1. The number of aliphatic carboxylic acids is 1. The Morgan fingerprint density at radius 2 is 1.88 bits per heavy atom. The van der Waals surface area contributed by atoms with E-state index in [2.05, 4.69) is 5.32 Å². The summed E-state index contributed by atoms with van der Waals surface area (Å²) in [7, 11) is 0. The summed E-state index contributed by atoms with van der Waals surface area (Å²) in [5, 5.41) is 11.0. The van der Waals surface area contributed by atoms with E-state index in [0.29, 0.717) is 5.56 Å². The van der Waals surface area contributed by atoms with Gasteiger partial charge in [-0.15, -0.1) is 11.8 Å². The molecule has 1 rings (SSSR count). The zero-order valence-electron chi connectivity index (χ0n) is 9.06. The van der Waals surface area contributed by atoms with Crippen molar-refractivity contribution in [1.29, 1.82) is 0 Å². The van der Waals surface area contributed by atoms with E-state index in [1.165, 1.54) is 6.92 Å². The van der Waals surface area contributed by atoms with E-state index in [-0.39, 0.29) is 5.91 Å². The molecule has 0 unspecified atom stereocenters. The summed E-state index contributed by atoms with van der Waals surface area (Å²) >= 11 is 1.58. The van der Waals surface area contributed by atoms with Crippen LogP contribution in [0.2, 0.25) is 0 Å². The summed E-state index contributed by atoms with van der Waals surface area (Å²) in [6.45, 7) is 1.43. The Kier molecular flexibility index (Phi) is 4.37. The summed E-state index contributed by atoms with van der Waals surface area (Å²) < 4.78 is 0. The molecule has 4 nitrogen and oxygen atoms in total. The first-order valence-corrected chi connectivity index (χ1v) is 5.95. The minimum atomic E-state index is -1.05. The number of hydrogen-bond donors (Lipinski definition) is 2. The molecule has 1 aromatic rings. The van der Waals surface area contributed by atoms with Crippen molar-refractivity contribution in [2.24, 2.45) is 0 Å². The van der Waals surface area contributed by atoms with Crippen molar-refractivity contribution in [3.63, 3.8) is 0 Å². The third kappa shape index (κ3) is 3.27. The van der Waals surface area contributed by atoms with E-state index in [1.807, 2.05) is 18.4 Å². The monoisotopic (exact) mass is 239 g/mol. The Bertz CT molecular complexity index is 389. The fourth-order valence-electron chi connectivity index (χ4n) is 1.08. The number of rotatable bonds is 4. The maximum absolute atomic E-state index is 11.6. The minimum absolute atomic E-state index is 0.373. The highest BCUT2D eigenvalue weighted by Gasteiger charge is 2.14. The highest BCUT2D eigenvalue weighted by atomic mass is 32.2. The van der Waals surface area contributed by atoms with Gasteiger partial charge in [0.25, 0.3) is 5.91 Å². The van der Waals surface area contributed by atoms with Crippen molar-refractivity contribution < 1.29 is 14.7 Å². The zero-order chi connectivity index (χ0) is 12.1. The zero-order valence-corrected chi connectivity index (χ0v) is 9.88. The third-order valence-corrected chi connectivity index (χ3v) is 2.81. The van der Waals surface area contributed by atoms with Crippen molar-refractivity contribution in [3.8, 4) is 0 Å². The first-order valence-electron chi connectivity index (χ1n) is 4.72. The van der Waals surface area contributed by atoms with E-state index >= 15 is 0 Å². The summed E-state index contributed by atoms with van der Waals surface area (Å²) in [5.74, 6) is -1.42. The molecule has 0 fully saturated rings. The first kappa shape index (κ1) is 12.6. The van der Waals surface area contributed by atoms with Gasteiger partial charge >= 0.3 is 5.97 Å². The van der Waals surface area contributed by atoms with Crippen molar-refractivity contribution >= 4 is 23.6 Å². The van der Waals surface area contributed by atoms with Crippen LogP contribution in [0.25, 0.3) is 0 Å². The second-order valence-electron chi connectivity index (χ2n) is 3.26. The molecule has 5 heteroatoms.